The summed E-state index contributed by atoms with van der Waals surface area (Å²) >= 11 is 5.96. The van der Waals surface area contributed by atoms with Gasteiger partial charge in [-0.1, -0.05) is 28.9 Å². The van der Waals surface area contributed by atoms with Crippen LogP contribution in [0.25, 0.3) is 11.2 Å². The maximum atomic E-state index is 6.02. The Labute approximate surface area is 165 Å². The molecule has 0 unspecified atom stereocenters. The summed E-state index contributed by atoms with van der Waals surface area (Å²) < 4.78 is 13.1. The molecule has 0 spiro atoms. The Morgan fingerprint density at radius 2 is 2.04 bits per heavy atom. The SMILES string of the molecule is Nc1nc2cccnc2n1Cc1nc([C@@H]2CO[C@@H](c3ccc(Cl)cc3)C2)no1. The predicted molar refractivity (Wildman–Crippen MR) is 103 cm³/mol. The predicted octanol–water partition coefficient (Wildman–Crippen LogP) is 3.34. The molecule has 4 heterocycles. The number of hydrogen-bond acceptors (Lipinski definition) is 7. The van der Waals surface area contributed by atoms with Crippen molar-refractivity contribution in [1.29, 1.82) is 0 Å². The molecule has 1 aliphatic heterocycles. The van der Waals surface area contributed by atoms with E-state index in [1.165, 1.54) is 0 Å². The summed E-state index contributed by atoms with van der Waals surface area (Å²) in [5.74, 6) is 1.54. The molecule has 0 bridgehead atoms. The van der Waals surface area contributed by atoms with Gasteiger partial charge in [0.1, 0.15) is 12.1 Å². The zero-order valence-corrected chi connectivity index (χ0v) is 15.6. The van der Waals surface area contributed by atoms with Gasteiger partial charge in [-0.2, -0.15) is 4.98 Å². The molecular formula is C19H17ClN6O2. The molecule has 1 aliphatic rings. The highest BCUT2D eigenvalue weighted by Crippen LogP contribution is 2.37. The van der Waals surface area contributed by atoms with Gasteiger partial charge in [0.25, 0.3) is 0 Å². The lowest BCUT2D eigenvalue weighted by atomic mass is 10.0. The molecule has 5 rings (SSSR count). The van der Waals surface area contributed by atoms with Gasteiger partial charge >= 0.3 is 0 Å². The van der Waals surface area contributed by atoms with Crippen LogP contribution in [0.15, 0.2) is 47.1 Å². The van der Waals surface area contributed by atoms with Crippen molar-refractivity contribution < 1.29 is 9.26 Å². The average molecular weight is 397 g/mol. The fourth-order valence-electron chi connectivity index (χ4n) is 3.48. The van der Waals surface area contributed by atoms with Gasteiger partial charge in [-0.05, 0) is 36.2 Å². The Hall–Kier alpha value is -2.97. The molecular weight excluding hydrogens is 380 g/mol. The zero-order valence-electron chi connectivity index (χ0n) is 14.8. The molecule has 0 radical (unpaired) electrons. The van der Waals surface area contributed by atoms with Gasteiger partial charge in [0.2, 0.25) is 11.8 Å². The first-order chi connectivity index (χ1) is 13.7. The average Bonchev–Trinajstić information content (AvgIpc) is 3.42. The van der Waals surface area contributed by atoms with E-state index in [1.807, 2.05) is 36.4 Å². The molecule has 28 heavy (non-hydrogen) atoms. The molecule has 142 valence electrons. The van der Waals surface area contributed by atoms with Crippen molar-refractivity contribution >= 4 is 28.7 Å². The lowest BCUT2D eigenvalue weighted by Gasteiger charge is -2.09. The standard InChI is InChI=1S/C19H17ClN6O2/c20-13-5-3-11(4-6-13)15-8-12(10-27-15)17-24-16(28-25-17)9-26-18-14(23-19(26)21)2-1-7-22-18/h1-7,12,15H,8-10H2,(H2,21,23)/t12-,15+/m0/s1. The highest BCUT2D eigenvalue weighted by molar-refractivity contribution is 6.30. The number of nitrogen functional groups attached to an aromatic ring is 1. The van der Waals surface area contributed by atoms with E-state index in [9.17, 15) is 0 Å². The van der Waals surface area contributed by atoms with E-state index in [1.54, 1.807) is 10.8 Å². The molecule has 0 aliphatic carbocycles. The van der Waals surface area contributed by atoms with Crippen molar-refractivity contribution in [2.24, 2.45) is 0 Å². The summed E-state index contributed by atoms with van der Waals surface area (Å²) in [5, 5.41) is 4.86. The van der Waals surface area contributed by atoms with Crippen LogP contribution < -0.4 is 5.73 Å². The van der Waals surface area contributed by atoms with Crippen molar-refractivity contribution in [2.75, 3.05) is 12.3 Å². The molecule has 1 aromatic carbocycles. The summed E-state index contributed by atoms with van der Waals surface area (Å²) in [5.41, 5.74) is 8.53. The normalized spacial score (nSPS) is 19.5. The molecule has 1 fully saturated rings. The maximum absolute atomic E-state index is 6.02. The highest BCUT2D eigenvalue weighted by atomic mass is 35.5. The molecule has 2 N–H and O–H groups in total. The lowest BCUT2D eigenvalue weighted by molar-refractivity contribution is 0.110. The molecule has 2 atom stereocenters. The minimum absolute atomic E-state index is 0.00153. The number of rotatable bonds is 4. The molecule has 0 saturated carbocycles. The number of nitrogens with two attached hydrogens (primary N) is 1. The van der Waals surface area contributed by atoms with Crippen LogP contribution >= 0.6 is 11.6 Å². The van der Waals surface area contributed by atoms with Crippen LogP contribution in [0.3, 0.4) is 0 Å². The van der Waals surface area contributed by atoms with E-state index in [0.717, 1.165) is 17.5 Å². The molecule has 8 nitrogen and oxygen atoms in total. The molecule has 0 amide bonds. The number of anilines is 1. The van der Waals surface area contributed by atoms with Crippen LogP contribution in [0.4, 0.5) is 5.95 Å². The molecule has 9 heteroatoms. The van der Waals surface area contributed by atoms with Crippen molar-refractivity contribution in [3.63, 3.8) is 0 Å². The smallest absolute Gasteiger partial charge is 0.246 e. The first-order valence-corrected chi connectivity index (χ1v) is 9.31. The van der Waals surface area contributed by atoms with E-state index >= 15 is 0 Å². The number of imidazole rings is 1. The van der Waals surface area contributed by atoms with Crippen molar-refractivity contribution in [3.8, 4) is 0 Å². The van der Waals surface area contributed by atoms with Gasteiger partial charge in [-0.25, -0.2) is 9.97 Å². The topological polar surface area (TPSA) is 105 Å². The third-order valence-electron chi connectivity index (χ3n) is 4.91. The number of nitrogens with zero attached hydrogens (tertiary/aromatic N) is 5. The van der Waals surface area contributed by atoms with Gasteiger partial charge in [0.15, 0.2) is 11.5 Å². The molecule has 3 aromatic heterocycles. The Bertz CT molecular complexity index is 1120. The van der Waals surface area contributed by atoms with E-state index < -0.39 is 0 Å². The minimum atomic E-state index is 0.00153. The third kappa shape index (κ3) is 3.10. The van der Waals surface area contributed by atoms with Gasteiger partial charge in [0, 0.05) is 17.1 Å². The molecule has 1 saturated heterocycles. The van der Waals surface area contributed by atoms with Crippen LogP contribution in [0.2, 0.25) is 5.02 Å². The maximum Gasteiger partial charge on any atom is 0.246 e. The van der Waals surface area contributed by atoms with E-state index in [0.29, 0.717) is 41.5 Å². The van der Waals surface area contributed by atoms with E-state index in [2.05, 4.69) is 20.1 Å². The minimum Gasteiger partial charge on any atom is -0.373 e. The van der Waals surface area contributed by atoms with Crippen LogP contribution in [-0.4, -0.2) is 31.3 Å². The summed E-state index contributed by atoms with van der Waals surface area (Å²) in [6, 6.07) is 11.4. The second kappa shape index (κ2) is 6.88. The number of benzene rings is 1. The lowest BCUT2D eigenvalue weighted by Crippen LogP contribution is -2.06. The van der Waals surface area contributed by atoms with Crippen molar-refractivity contribution in [2.45, 2.75) is 25.0 Å². The van der Waals surface area contributed by atoms with Crippen molar-refractivity contribution in [3.05, 3.63) is 64.9 Å². The summed E-state index contributed by atoms with van der Waals surface area (Å²) in [4.78, 5) is 13.2. The number of halogens is 1. The number of ether oxygens (including phenoxy) is 1. The Kier molecular flexibility index (Phi) is 4.22. The number of fused-ring (bicyclic) bond motifs is 1. The first kappa shape index (κ1) is 17.2. The van der Waals surface area contributed by atoms with Crippen LogP contribution in [0.1, 0.15) is 35.7 Å². The third-order valence-corrected chi connectivity index (χ3v) is 5.17. The second-order valence-electron chi connectivity index (χ2n) is 6.75. The second-order valence-corrected chi connectivity index (χ2v) is 7.19. The number of aromatic nitrogens is 5. The van der Waals surface area contributed by atoms with Crippen molar-refractivity contribution in [1.82, 2.24) is 24.7 Å². The summed E-state index contributed by atoms with van der Waals surface area (Å²) in [6.07, 6.45) is 2.49. The van der Waals surface area contributed by atoms with Crippen LogP contribution in [0.5, 0.6) is 0 Å². The van der Waals surface area contributed by atoms with E-state index in [4.69, 9.17) is 26.6 Å². The first-order valence-electron chi connectivity index (χ1n) is 8.93. The van der Waals surface area contributed by atoms with Gasteiger partial charge in [-0.15, -0.1) is 0 Å². The molecule has 4 aromatic rings. The summed E-state index contributed by atoms with van der Waals surface area (Å²) in [6.45, 7) is 0.866. The fraction of sp³-hybridized carbons (Fsp3) is 0.263. The fourth-order valence-corrected chi connectivity index (χ4v) is 3.61. The van der Waals surface area contributed by atoms with Gasteiger partial charge < -0.3 is 15.0 Å². The Morgan fingerprint density at radius 1 is 1.18 bits per heavy atom. The number of pyridine rings is 1. The van der Waals surface area contributed by atoms with Gasteiger partial charge in [-0.3, -0.25) is 4.57 Å². The van der Waals surface area contributed by atoms with Crippen LogP contribution in [0, 0.1) is 0 Å². The summed E-state index contributed by atoms with van der Waals surface area (Å²) in [7, 11) is 0. The Morgan fingerprint density at radius 3 is 2.89 bits per heavy atom. The van der Waals surface area contributed by atoms with Crippen LogP contribution in [-0.2, 0) is 11.3 Å². The number of hydrogen-bond donors (Lipinski definition) is 1. The van der Waals surface area contributed by atoms with E-state index in [-0.39, 0.29) is 12.0 Å². The van der Waals surface area contributed by atoms with Gasteiger partial charge in [0.05, 0.1) is 12.7 Å². The highest BCUT2D eigenvalue weighted by Gasteiger charge is 2.31. The Balaban J connectivity index is 1.32. The zero-order chi connectivity index (χ0) is 19.1. The quantitative estimate of drug-likeness (QED) is 0.563. The largest absolute Gasteiger partial charge is 0.373 e. The monoisotopic (exact) mass is 396 g/mol.